The number of benzene rings is 3. The lowest BCUT2D eigenvalue weighted by molar-refractivity contribution is -0.140. The predicted octanol–water partition coefficient (Wildman–Crippen LogP) is 3.81. The minimum Gasteiger partial charge on any atom is -0.346 e. The topological polar surface area (TPSA) is 101 Å². The average molecular weight is 555 g/mol. The summed E-state index contributed by atoms with van der Waals surface area (Å²) < 4.78 is 33.2. The third kappa shape index (κ3) is 4.70. The van der Waals surface area contributed by atoms with E-state index in [1.54, 1.807) is 47.6 Å². The van der Waals surface area contributed by atoms with Crippen LogP contribution in [0.2, 0.25) is 0 Å². The van der Waals surface area contributed by atoms with Crippen LogP contribution in [0.3, 0.4) is 0 Å². The van der Waals surface area contributed by atoms with Gasteiger partial charge in [-0.05, 0) is 41.3 Å². The van der Waals surface area contributed by atoms with Gasteiger partial charge in [-0.1, -0.05) is 72.8 Å². The van der Waals surface area contributed by atoms with Crippen LogP contribution in [0.4, 0.5) is 0 Å². The molecule has 204 valence electrons. The molecule has 8 nitrogen and oxygen atoms in total. The Balaban J connectivity index is 1.45. The van der Waals surface area contributed by atoms with Crippen LogP contribution < -0.4 is 5.32 Å². The number of nitrogens with one attached hydrogen (secondary N) is 1. The summed E-state index contributed by atoms with van der Waals surface area (Å²) in [7, 11) is -3.60. The predicted molar refractivity (Wildman–Crippen MR) is 150 cm³/mol. The van der Waals surface area contributed by atoms with Crippen molar-refractivity contribution in [3.05, 3.63) is 126 Å². The van der Waals surface area contributed by atoms with Gasteiger partial charge in [-0.25, -0.2) is 18.4 Å². The molecule has 3 aromatic carbocycles. The second kappa shape index (κ2) is 10.2. The lowest BCUT2D eigenvalue weighted by atomic mass is 9.81. The molecule has 40 heavy (non-hydrogen) atoms. The minimum atomic E-state index is -3.60. The van der Waals surface area contributed by atoms with Gasteiger partial charge in [-0.3, -0.25) is 10.1 Å². The van der Waals surface area contributed by atoms with Gasteiger partial charge in [0, 0.05) is 31.9 Å². The van der Waals surface area contributed by atoms with Crippen LogP contribution in [0, 0.1) is 0 Å². The lowest BCUT2D eigenvalue weighted by Crippen LogP contribution is -2.60. The van der Waals surface area contributed by atoms with Crippen molar-refractivity contribution in [3.8, 4) is 0 Å². The first kappa shape index (κ1) is 26.3. The van der Waals surface area contributed by atoms with Crippen LogP contribution in [-0.4, -0.2) is 47.0 Å². The Hall–Kier alpha value is -3.92. The zero-order valence-electron chi connectivity index (χ0n) is 22.1. The van der Waals surface area contributed by atoms with E-state index >= 15 is 0 Å². The average Bonchev–Trinajstić information content (AvgIpc) is 3.26. The molecule has 1 unspecified atom stereocenters. The molecule has 0 bridgehead atoms. The summed E-state index contributed by atoms with van der Waals surface area (Å²) in [6, 6.07) is 25.9. The highest BCUT2D eigenvalue weighted by Crippen LogP contribution is 2.49. The van der Waals surface area contributed by atoms with Crippen LogP contribution in [0.1, 0.15) is 35.3 Å². The van der Waals surface area contributed by atoms with E-state index in [1.165, 1.54) is 6.33 Å². The molecule has 0 saturated carbocycles. The number of carbonyl (C=O) groups excluding carboxylic acids is 1. The van der Waals surface area contributed by atoms with Crippen LogP contribution in [0.5, 0.6) is 0 Å². The van der Waals surface area contributed by atoms with Crippen molar-refractivity contribution in [3.63, 3.8) is 0 Å². The van der Waals surface area contributed by atoms with Crippen LogP contribution in [0.25, 0.3) is 0 Å². The maximum absolute atomic E-state index is 14.7. The fraction of sp³-hybridized carbons (Fsp3) is 0.258. The molecule has 1 saturated heterocycles. The second-order valence-corrected chi connectivity index (χ2v) is 12.6. The Labute approximate surface area is 234 Å². The van der Waals surface area contributed by atoms with Gasteiger partial charge in [0.25, 0.3) is 0 Å². The number of hydrogen-bond donors (Lipinski definition) is 1. The first-order valence-electron chi connectivity index (χ1n) is 13.2. The van der Waals surface area contributed by atoms with Crippen molar-refractivity contribution in [2.24, 2.45) is 0 Å². The van der Waals surface area contributed by atoms with Gasteiger partial charge in [-0.15, -0.1) is 0 Å². The highest BCUT2D eigenvalue weighted by Gasteiger charge is 2.61. The number of nitrogens with zero attached hydrogens (tertiary/aromatic N) is 3. The molecule has 4 aromatic rings. The Morgan fingerprint density at radius 3 is 2.33 bits per heavy atom. The van der Waals surface area contributed by atoms with Gasteiger partial charge in [0.15, 0.2) is 9.84 Å². The number of hydrogen-bond acceptors (Lipinski definition) is 7. The maximum atomic E-state index is 14.7. The number of rotatable bonds is 7. The molecule has 2 aliphatic rings. The summed E-state index contributed by atoms with van der Waals surface area (Å²) in [6.07, 6.45) is 4.48. The van der Waals surface area contributed by atoms with Crippen molar-refractivity contribution in [2.45, 2.75) is 42.2 Å². The molecular formula is C31H30N4O4S. The van der Waals surface area contributed by atoms with Crippen molar-refractivity contribution < 1.29 is 17.9 Å². The summed E-state index contributed by atoms with van der Waals surface area (Å²) in [5.74, 6) is -0.419. The number of carbonyl (C=O) groups is 1. The van der Waals surface area contributed by atoms with Crippen molar-refractivity contribution in [1.82, 2.24) is 20.2 Å². The van der Waals surface area contributed by atoms with E-state index in [0.717, 1.165) is 22.3 Å². The number of aromatic nitrogens is 2. The highest BCUT2D eigenvalue weighted by molar-refractivity contribution is 7.91. The van der Waals surface area contributed by atoms with E-state index in [9.17, 15) is 13.2 Å². The molecule has 9 heteroatoms. The Kier molecular flexibility index (Phi) is 6.74. The number of ether oxygens (including phenoxy) is 1. The molecule has 0 spiro atoms. The monoisotopic (exact) mass is 554 g/mol. The maximum Gasteiger partial charge on any atom is 0.246 e. The summed E-state index contributed by atoms with van der Waals surface area (Å²) in [6.45, 7) is 2.24. The fourth-order valence-electron chi connectivity index (χ4n) is 5.85. The Morgan fingerprint density at radius 2 is 1.60 bits per heavy atom. The molecule has 0 radical (unpaired) electrons. The van der Waals surface area contributed by atoms with E-state index in [-0.39, 0.29) is 36.1 Å². The molecule has 1 fully saturated rings. The van der Waals surface area contributed by atoms with E-state index in [4.69, 9.17) is 4.74 Å². The SMILES string of the molecule is CC1(c2ccccc2)N[C@]2(Cc3cncnc3)C(=O)N(CCS(=O)(=O)c3ccccc3)Cc3ccccc3[C@@H]2O1. The zero-order valence-corrected chi connectivity index (χ0v) is 22.9. The summed E-state index contributed by atoms with van der Waals surface area (Å²) in [5, 5.41) is 3.62. The zero-order chi connectivity index (χ0) is 27.8. The third-order valence-electron chi connectivity index (χ3n) is 7.78. The van der Waals surface area contributed by atoms with E-state index < -0.39 is 27.2 Å². The molecule has 1 aromatic heterocycles. The molecule has 3 heterocycles. The van der Waals surface area contributed by atoms with Crippen molar-refractivity contribution in [1.29, 1.82) is 0 Å². The van der Waals surface area contributed by atoms with Crippen molar-refractivity contribution in [2.75, 3.05) is 12.3 Å². The van der Waals surface area contributed by atoms with Crippen LogP contribution in [-0.2, 0) is 38.1 Å². The molecule has 1 amide bonds. The summed E-state index contributed by atoms with van der Waals surface area (Å²) >= 11 is 0. The molecule has 1 N–H and O–H groups in total. The third-order valence-corrected chi connectivity index (χ3v) is 9.49. The molecule has 6 rings (SSSR count). The van der Waals surface area contributed by atoms with Gasteiger partial charge < -0.3 is 9.64 Å². The van der Waals surface area contributed by atoms with Crippen LogP contribution >= 0.6 is 0 Å². The standard InChI is InChI=1S/C31H30N4O4S/c1-30(25-11-4-2-5-12-25)34-31(18-23-19-32-22-33-20-23)28(39-30)27-15-9-8-10-24(27)21-35(29(31)36)16-17-40(37,38)26-13-6-3-7-14-26/h2-15,19-20,22,28,34H,16-18,21H2,1H3/t28-,30?,31-/m0/s1. The first-order valence-corrected chi connectivity index (χ1v) is 14.9. The van der Waals surface area contributed by atoms with E-state index in [2.05, 4.69) is 15.3 Å². The molecule has 2 aliphatic heterocycles. The summed E-state index contributed by atoms with van der Waals surface area (Å²) in [4.78, 5) is 25.0. The number of fused-ring (bicyclic) bond motifs is 3. The number of amides is 1. The van der Waals surface area contributed by atoms with Gasteiger partial charge in [0.05, 0.1) is 10.6 Å². The molecule has 0 aliphatic carbocycles. The van der Waals surface area contributed by atoms with Crippen molar-refractivity contribution >= 4 is 15.7 Å². The number of sulfone groups is 1. The second-order valence-electron chi connectivity index (χ2n) is 10.5. The van der Waals surface area contributed by atoms with Crippen LogP contribution in [0.15, 0.2) is 109 Å². The first-order chi connectivity index (χ1) is 19.3. The minimum absolute atomic E-state index is 0.0356. The largest absolute Gasteiger partial charge is 0.346 e. The van der Waals surface area contributed by atoms with E-state index in [0.29, 0.717) is 0 Å². The lowest BCUT2D eigenvalue weighted by Gasteiger charge is -2.36. The quantitative estimate of drug-likeness (QED) is 0.371. The Bertz CT molecular complexity index is 1620. The van der Waals surface area contributed by atoms with E-state index in [1.807, 2.05) is 61.5 Å². The molecular weight excluding hydrogens is 524 g/mol. The summed E-state index contributed by atoms with van der Waals surface area (Å²) in [5.41, 5.74) is 1.25. The van der Waals surface area contributed by atoms with Gasteiger partial charge in [0.1, 0.15) is 23.7 Å². The molecule has 3 atom stereocenters. The smallest absolute Gasteiger partial charge is 0.246 e. The van der Waals surface area contributed by atoms with Gasteiger partial charge in [-0.2, -0.15) is 0 Å². The van der Waals surface area contributed by atoms with Gasteiger partial charge in [0.2, 0.25) is 5.91 Å². The fourth-order valence-corrected chi connectivity index (χ4v) is 7.12. The normalized spacial score (nSPS) is 24.3. The van der Waals surface area contributed by atoms with Gasteiger partial charge >= 0.3 is 0 Å². The highest BCUT2D eigenvalue weighted by atomic mass is 32.2. The Morgan fingerprint density at radius 1 is 0.950 bits per heavy atom.